The minimum atomic E-state index is 0.604. The number of nitrogens with zero attached hydrogens (tertiary/aromatic N) is 2. The molecule has 1 aliphatic heterocycles. The second kappa shape index (κ2) is 6.90. The number of aromatic nitrogens is 1. The zero-order valence-corrected chi connectivity index (χ0v) is 12.4. The molecule has 0 aliphatic carbocycles. The number of nitrogens with two attached hydrogens (primary N) is 1. The lowest BCUT2D eigenvalue weighted by Gasteiger charge is -2.31. The van der Waals surface area contributed by atoms with Crippen molar-refractivity contribution in [2.24, 2.45) is 5.73 Å². The maximum atomic E-state index is 5.82. The Hall–Kier alpha value is -1.09. The predicted molar refractivity (Wildman–Crippen MR) is 81.4 cm³/mol. The molecule has 0 saturated carbocycles. The molecule has 2 rings (SSSR count). The van der Waals surface area contributed by atoms with Crippen LogP contribution in [0.2, 0.25) is 0 Å². The van der Waals surface area contributed by atoms with Gasteiger partial charge in [-0.2, -0.15) is 0 Å². The van der Waals surface area contributed by atoms with Gasteiger partial charge in [-0.3, -0.25) is 0 Å². The molecule has 1 aromatic rings. The van der Waals surface area contributed by atoms with Gasteiger partial charge in [-0.05, 0) is 43.4 Å². The van der Waals surface area contributed by atoms with E-state index in [9.17, 15) is 0 Å². The lowest BCUT2D eigenvalue weighted by Crippen LogP contribution is -2.35. The fourth-order valence-electron chi connectivity index (χ4n) is 2.98. The van der Waals surface area contributed by atoms with Gasteiger partial charge in [0.05, 0.1) is 0 Å². The van der Waals surface area contributed by atoms with Gasteiger partial charge in [0.25, 0.3) is 0 Å². The summed E-state index contributed by atoms with van der Waals surface area (Å²) in [5, 5.41) is 0. The molecule has 1 saturated heterocycles. The zero-order chi connectivity index (χ0) is 13.7. The maximum Gasteiger partial charge on any atom is 0.129 e. The molecule has 1 atom stereocenters. The van der Waals surface area contributed by atoms with E-state index < -0.39 is 0 Å². The molecule has 1 aliphatic rings. The number of rotatable bonds is 4. The van der Waals surface area contributed by atoms with Gasteiger partial charge in [0.1, 0.15) is 5.82 Å². The van der Waals surface area contributed by atoms with E-state index in [1.54, 1.807) is 0 Å². The highest BCUT2D eigenvalue weighted by atomic mass is 15.2. The number of hydrogen-bond donors (Lipinski definition) is 1. The molecule has 0 amide bonds. The van der Waals surface area contributed by atoms with Crippen LogP contribution < -0.4 is 10.6 Å². The van der Waals surface area contributed by atoms with Crippen molar-refractivity contribution in [3.63, 3.8) is 0 Å². The van der Waals surface area contributed by atoms with Crippen LogP contribution in [0, 0.1) is 0 Å². The second-order valence-electron chi connectivity index (χ2n) is 5.49. The first-order valence-electron chi connectivity index (χ1n) is 7.75. The molecular formula is C16H27N3. The average molecular weight is 261 g/mol. The highest BCUT2D eigenvalue weighted by molar-refractivity contribution is 5.44. The molecule has 19 heavy (non-hydrogen) atoms. The molecule has 0 spiro atoms. The van der Waals surface area contributed by atoms with E-state index in [0.29, 0.717) is 12.6 Å². The molecular weight excluding hydrogens is 234 g/mol. The molecule has 106 valence electrons. The Morgan fingerprint density at radius 1 is 1.26 bits per heavy atom. The fourth-order valence-corrected chi connectivity index (χ4v) is 2.98. The normalized spacial score (nSPS) is 20.4. The van der Waals surface area contributed by atoms with Crippen molar-refractivity contribution in [2.75, 3.05) is 11.4 Å². The number of aryl methyl sites for hydroxylation is 1. The fraction of sp³-hybridized carbons (Fsp3) is 0.688. The molecule has 0 bridgehead atoms. The summed E-state index contributed by atoms with van der Waals surface area (Å²) in [4.78, 5) is 7.35. The minimum Gasteiger partial charge on any atom is -0.354 e. The third-order valence-electron chi connectivity index (χ3n) is 4.17. The van der Waals surface area contributed by atoms with E-state index in [-0.39, 0.29) is 0 Å². The first-order chi connectivity index (χ1) is 9.28. The molecule has 3 nitrogen and oxygen atoms in total. The molecule has 2 N–H and O–H groups in total. The highest BCUT2D eigenvalue weighted by Gasteiger charge is 2.21. The van der Waals surface area contributed by atoms with Crippen LogP contribution in [0.4, 0.5) is 5.82 Å². The van der Waals surface area contributed by atoms with Crippen molar-refractivity contribution in [3.05, 3.63) is 23.4 Å². The summed E-state index contributed by atoms with van der Waals surface area (Å²) in [6.45, 7) is 6.19. The van der Waals surface area contributed by atoms with Gasteiger partial charge in [-0.1, -0.05) is 26.7 Å². The topological polar surface area (TPSA) is 42.1 Å². The summed E-state index contributed by atoms with van der Waals surface area (Å²) in [6.07, 6.45) is 7.47. The van der Waals surface area contributed by atoms with Gasteiger partial charge in [0.2, 0.25) is 0 Å². The Balaban J connectivity index is 2.31. The maximum absolute atomic E-state index is 5.82. The van der Waals surface area contributed by atoms with Crippen LogP contribution in [0.5, 0.6) is 0 Å². The lowest BCUT2D eigenvalue weighted by atomic mass is 10.1. The van der Waals surface area contributed by atoms with Crippen LogP contribution >= 0.6 is 0 Å². The lowest BCUT2D eigenvalue weighted by molar-refractivity contribution is 0.551. The largest absolute Gasteiger partial charge is 0.354 e. The summed E-state index contributed by atoms with van der Waals surface area (Å²) in [5.74, 6) is 1.15. The molecule has 0 aromatic carbocycles. The van der Waals surface area contributed by atoms with Crippen molar-refractivity contribution in [1.82, 2.24) is 4.98 Å². The number of anilines is 1. The standard InChI is InChI=1S/C16H27N3/c1-3-14-10-13(12-17)11-16(18-14)19-9-7-5-6-8-15(19)4-2/h10-11,15H,3-9,12,17H2,1-2H3. The Labute approximate surface area is 117 Å². The van der Waals surface area contributed by atoms with E-state index >= 15 is 0 Å². The highest BCUT2D eigenvalue weighted by Crippen LogP contribution is 2.25. The van der Waals surface area contributed by atoms with Crippen molar-refractivity contribution >= 4 is 5.82 Å². The van der Waals surface area contributed by atoms with Gasteiger partial charge in [0, 0.05) is 24.8 Å². The molecule has 3 heteroatoms. The monoisotopic (exact) mass is 261 g/mol. The van der Waals surface area contributed by atoms with E-state index in [2.05, 4.69) is 30.9 Å². The van der Waals surface area contributed by atoms with Crippen molar-refractivity contribution in [2.45, 2.75) is 65.0 Å². The predicted octanol–water partition coefficient (Wildman–Crippen LogP) is 3.26. The van der Waals surface area contributed by atoms with E-state index in [0.717, 1.165) is 24.5 Å². The number of pyridine rings is 1. The third-order valence-corrected chi connectivity index (χ3v) is 4.17. The van der Waals surface area contributed by atoms with Crippen LogP contribution in [-0.2, 0) is 13.0 Å². The molecule has 0 radical (unpaired) electrons. The average Bonchev–Trinajstić information content (AvgIpc) is 2.71. The van der Waals surface area contributed by atoms with Gasteiger partial charge in [-0.15, -0.1) is 0 Å². The number of hydrogen-bond acceptors (Lipinski definition) is 3. The molecule has 1 fully saturated rings. The summed E-state index contributed by atoms with van der Waals surface area (Å²) in [6, 6.07) is 4.97. The van der Waals surface area contributed by atoms with Crippen molar-refractivity contribution in [3.8, 4) is 0 Å². The Kier molecular flexibility index (Phi) is 5.20. The summed E-state index contributed by atoms with van der Waals surface area (Å²) in [5.41, 5.74) is 8.20. The van der Waals surface area contributed by atoms with Crippen LogP contribution in [0.3, 0.4) is 0 Å². The summed E-state index contributed by atoms with van der Waals surface area (Å²) in [7, 11) is 0. The van der Waals surface area contributed by atoms with Crippen molar-refractivity contribution < 1.29 is 0 Å². The first kappa shape index (κ1) is 14.3. The van der Waals surface area contributed by atoms with E-state index in [1.165, 1.54) is 37.7 Å². The van der Waals surface area contributed by atoms with Gasteiger partial charge in [0.15, 0.2) is 0 Å². The van der Waals surface area contributed by atoms with Crippen LogP contribution in [0.25, 0.3) is 0 Å². The Bertz CT molecular complexity index is 381. The minimum absolute atomic E-state index is 0.604. The Morgan fingerprint density at radius 3 is 2.79 bits per heavy atom. The van der Waals surface area contributed by atoms with Crippen molar-refractivity contribution in [1.29, 1.82) is 0 Å². The van der Waals surface area contributed by atoms with E-state index in [1.807, 2.05) is 0 Å². The second-order valence-corrected chi connectivity index (χ2v) is 5.49. The smallest absolute Gasteiger partial charge is 0.129 e. The van der Waals surface area contributed by atoms with Crippen LogP contribution in [0.15, 0.2) is 12.1 Å². The Morgan fingerprint density at radius 2 is 2.11 bits per heavy atom. The first-order valence-corrected chi connectivity index (χ1v) is 7.75. The molecule has 1 unspecified atom stereocenters. The van der Waals surface area contributed by atoms with Crippen LogP contribution in [-0.4, -0.2) is 17.6 Å². The third kappa shape index (κ3) is 3.47. The zero-order valence-electron chi connectivity index (χ0n) is 12.4. The van der Waals surface area contributed by atoms with Gasteiger partial charge in [-0.25, -0.2) is 4.98 Å². The molecule has 2 heterocycles. The van der Waals surface area contributed by atoms with E-state index in [4.69, 9.17) is 10.7 Å². The van der Waals surface area contributed by atoms with Gasteiger partial charge < -0.3 is 10.6 Å². The summed E-state index contributed by atoms with van der Waals surface area (Å²) >= 11 is 0. The summed E-state index contributed by atoms with van der Waals surface area (Å²) < 4.78 is 0. The quantitative estimate of drug-likeness (QED) is 0.904. The SMILES string of the molecule is CCc1cc(CN)cc(N2CCCCCC2CC)n1. The van der Waals surface area contributed by atoms with Gasteiger partial charge >= 0.3 is 0 Å². The molecule has 1 aromatic heterocycles. The van der Waals surface area contributed by atoms with Crippen LogP contribution in [0.1, 0.15) is 57.2 Å².